The first kappa shape index (κ1) is 61.2. The molecule has 0 fully saturated rings. The molecule has 0 spiro atoms. The number of unbranched alkanes of at least 4 members (excludes halogenated alkanes) is 1. The Hall–Kier alpha value is -7.90. The van der Waals surface area contributed by atoms with Gasteiger partial charge in [-0.2, -0.15) is 0 Å². The fourth-order valence-corrected chi connectivity index (χ4v) is 18.5. The molecule has 0 aromatic heterocycles. The van der Waals surface area contributed by atoms with Crippen LogP contribution in [0.15, 0.2) is 328 Å². The number of hydrogen-bond acceptors (Lipinski definition) is 0. The fourth-order valence-electron chi connectivity index (χ4n) is 13.1. The molecule has 0 unspecified atom stereocenters. The van der Waals surface area contributed by atoms with Crippen molar-refractivity contribution < 1.29 is 44.8 Å². The van der Waals surface area contributed by atoms with Gasteiger partial charge in [-0.05, 0) is 128 Å². The van der Waals surface area contributed by atoms with Gasteiger partial charge in [0.25, 0.3) is 0 Å². The molecule has 0 heterocycles. The van der Waals surface area contributed by atoms with Crippen LogP contribution in [0, 0.1) is 24.7 Å². The molecule has 0 radical (unpaired) electrons. The van der Waals surface area contributed by atoms with Gasteiger partial charge in [0.2, 0.25) is 0 Å². The molecule has 0 saturated carbocycles. The van der Waals surface area contributed by atoms with E-state index in [0.29, 0.717) is 0 Å². The zero-order chi connectivity index (χ0) is 57.0. The summed E-state index contributed by atoms with van der Waals surface area (Å²) >= 11 is 0. The second-order valence-corrected chi connectivity index (χ2v) is 26.7. The Morgan fingerprint density at radius 1 is 0.256 bits per heavy atom. The third-order valence-corrected chi connectivity index (χ3v) is 22.6. The van der Waals surface area contributed by atoms with Crippen LogP contribution in [0.25, 0.3) is 22.3 Å². The first-order valence-corrected chi connectivity index (χ1v) is 32.5. The van der Waals surface area contributed by atoms with E-state index in [4.69, 9.17) is 12.8 Å². The second-order valence-electron chi connectivity index (χ2n) is 21.5. The van der Waals surface area contributed by atoms with Gasteiger partial charge in [0.05, 0.1) is 60.2 Å². The Bertz CT molecular complexity index is 3770. The van der Waals surface area contributed by atoms with Gasteiger partial charge in [-0.3, -0.25) is 11.8 Å². The Balaban J connectivity index is 0.000000142. The van der Waals surface area contributed by atoms with E-state index in [1.165, 1.54) is 113 Å². The molecular weight excluding hydrogens is 1440 g/mol. The first-order valence-electron chi connectivity index (χ1n) is 29.1. The number of rotatable bonds is 13. The first-order chi connectivity index (χ1) is 41.6. The molecule has 0 amide bonds. The van der Waals surface area contributed by atoms with Crippen LogP contribution in [0.5, 0.6) is 0 Å². The van der Waals surface area contributed by atoms with Gasteiger partial charge >= 0.3 is 44.8 Å². The summed E-state index contributed by atoms with van der Waals surface area (Å²) in [7, 11) is -1.43. The monoisotopic (exact) mass is 1500 g/mol. The van der Waals surface area contributed by atoms with Gasteiger partial charge in [0.15, 0.2) is 0 Å². The van der Waals surface area contributed by atoms with Crippen LogP contribution in [-0.4, -0.2) is 12.3 Å². The molecular formula is C82H64Au2P2+2. The summed E-state index contributed by atoms with van der Waals surface area (Å²) in [6.45, 7) is 0. The second kappa shape index (κ2) is 29.0. The van der Waals surface area contributed by atoms with Crippen LogP contribution in [0.4, 0.5) is 0 Å². The van der Waals surface area contributed by atoms with Crippen LogP contribution in [0.1, 0.15) is 68.5 Å². The van der Waals surface area contributed by atoms with Crippen molar-refractivity contribution in [3.05, 3.63) is 396 Å². The average Bonchev–Trinajstić information content (AvgIpc) is 1.58. The van der Waals surface area contributed by atoms with Crippen LogP contribution < -0.4 is 21.2 Å². The maximum Gasteiger partial charge on any atom is 1.00 e. The summed E-state index contributed by atoms with van der Waals surface area (Å²) < 4.78 is 0. The summed E-state index contributed by atoms with van der Waals surface area (Å²) in [6, 6.07) is 117. The summed E-state index contributed by atoms with van der Waals surface area (Å²) in [5.74, 6) is 5.09. The Morgan fingerprint density at radius 2 is 0.488 bits per heavy atom. The average molecular weight is 1510 g/mol. The fraction of sp³-hybridized carbons (Fsp3) is 0.0732. The number of benzene rings is 12. The molecule has 0 atom stereocenters. The summed E-state index contributed by atoms with van der Waals surface area (Å²) in [6.07, 6.45) is 20.3. The van der Waals surface area contributed by atoms with E-state index in [2.05, 4.69) is 327 Å². The van der Waals surface area contributed by atoms with Crippen molar-refractivity contribution in [1.82, 2.24) is 0 Å². The predicted molar refractivity (Wildman–Crippen MR) is 360 cm³/mol. The molecule has 12 aromatic rings. The molecule has 0 N–H and O–H groups in total. The number of hydrogen-bond donors (Lipinski definition) is 0. The maximum absolute atomic E-state index is 7.57. The smallest absolute Gasteiger partial charge is 0.366 e. The third kappa shape index (κ3) is 12.3. The van der Waals surface area contributed by atoms with Gasteiger partial charge in [-0.25, -0.2) is 0 Å². The third-order valence-electron chi connectivity index (χ3n) is 16.8. The molecule has 0 bridgehead atoms. The van der Waals surface area contributed by atoms with Gasteiger partial charge in [0.1, 0.15) is 0 Å². The standard InChI is InChI=1S/C28H28P2.2C27H17.2Au/c1-5-15-25(16-6-1)29(26-17-7-2-8-18-26)23-13-14-24-30(27-19-9-3-10-20-27)28-21-11-4-12-22-28;2*1-2-20-17-18-26-24(19-20)23-15-9-10-16-25(23)27(26,21-11-5-3-6-12-21)22-13-7-4-8-14-22;;/h1-12,15-22H,13-14,23-24H2;2*3-19H;;/q;2*-1;2*+1/p+2. The van der Waals surface area contributed by atoms with Crippen molar-refractivity contribution in [2.45, 2.75) is 23.7 Å². The topological polar surface area (TPSA) is 0 Å². The number of fused-ring (bicyclic) bond motifs is 6. The van der Waals surface area contributed by atoms with E-state index < -0.39 is 15.8 Å². The quantitative estimate of drug-likeness (QED) is 0.0355. The largest absolute Gasteiger partial charge is 1.00 e. The van der Waals surface area contributed by atoms with E-state index >= 15 is 0 Å². The van der Waals surface area contributed by atoms with Crippen molar-refractivity contribution >= 4 is 37.1 Å². The molecule has 0 aliphatic heterocycles. The van der Waals surface area contributed by atoms with Crippen molar-refractivity contribution in [1.29, 1.82) is 0 Å². The molecule has 0 nitrogen and oxygen atoms in total. The summed E-state index contributed by atoms with van der Waals surface area (Å²) in [5.41, 5.74) is 15.9. The molecule has 14 rings (SSSR count). The van der Waals surface area contributed by atoms with E-state index in [1.54, 1.807) is 0 Å². The molecule has 12 aromatic carbocycles. The van der Waals surface area contributed by atoms with Gasteiger partial charge in [-0.15, -0.1) is 35.4 Å². The van der Waals surface area contributed by atoms with E-state index in [0.717, 1.165) is 11.1 Å². The normalized spacial score (nSPS) is 12.3. The summed E-state index contributed by atoms with van der Waals surface area (Å²) in [4.78, 5) is 0. The minimum atomic E-state index is -0.714. The predicted octanol–water partition coefficient (Wildman–Crippen LogP) is 17.5. The van der Waals surface area contributed by atoms with Crippen molar-refractivity contribution in [3.63, 3.8) is 0 Å². The van der Waals surface area contributed by atoms with E-state index in [1.807, 2.05) is 12.1 Å². The maximum atomic E-state index is 7.57. The minimum absolute atomic E-state index is 0. The van der Waals surface area contributed by atoms with Crippen LogP contribution >= 0.6 is 15.8 Å². The van der Waals surface area contributed by atoms with Crippen LogP contribution in [-0.2, 0) is 55.6 Å². The van der Waals surface area contributed by atoms with Gasteiger partial charge in [0, 0.05) is 0 Å². The zero-order valence-corrected chi connectivity index (χ0v) is 53.9. The SMILES string of the molecule is [Au+].[Au+].[C-]#Cc1ccc2c(c1)-c1ccccc1C2(c1ccccc1)c1ccccc1.[C-]#Cc1ccc2c(c1)-c1ccccc1C2(c1ccccc1)c1ccccc1.c1ccc([PH+](CCCC[PH+](c2ccccc2)c2ccccc2)c2ccccc2)cc1. The van der Waals surface area contributed by atoms with E-state index in [-0.39, 0.29) is 55.6 Å². The molecule has 2 aliphatic carbocycles. The van der Waals surface area contributed by atoms with Gasteiger partial charge in [-0.1, -0.05) is 255 Å². The molecule has 422 valence electrons. The molecule has 0 saturated heterocycles. The van der Waals surface area contributed by atoms with Crippen LogP contribution in [0.2, 0.25) is 0 Å². The Labute approximate surface area is 543 Å². The molecule has 86 heavy (non-hydrogen) atoms. The van der Waals surface area contributed by atoms with Crippen molar-refractivity contribution in [2.75, 3.05) is 12.3 Å². The van der Waals surface area contributed by atoms with Gasteiger partial charge < -0.3 is 12.8 Å². The Morgan fingerprint density at radius 3 is 0.756 bits per heavy atom. The van der Waals surface area contributed by atoms with E-state index in [9.17, 15) is 0 Å². The van der Waals surface area contributed by atoms with Crippen molar-refractivity contribution in [2.24, 2.45) is 0 Å². The molecule has 4 heteroatoms. The summed E-state index contributed by atoms with van der Waals surface area (Å²) in [5, 5.41) is 6.13. The molecule has 2 aliphatic rings. The zero-order valence-electron chi connectivity index (χ0n) is 47.6. The Kier molecular flexibility index (Phi) is 20.6. The minimum Gasteiger partial charge on any atom is -0.366 e. The van der Waals surface area contributed by atoms with Crippen molar-refractivity contribution in [3.8, 4) is 34.1 Å². The van der Waals surface area contributed by atoms with Crippen LogP contribution in [0.3, 0.4) is 0 Å².